The molecule has 1 unspecified atom stereocenters. The Morgan fingerprint density at radius 3 is 2.44 bits per heavy atom. The average Bonchev–Trinajstić information content (AvgIpc) is 2.77. The fourth-order valence-corrected chi connectivity index (χ4v) is 2.68. The lowest BCUT2D eigenvalue weighted by molar-refractivity contribution is 0.413. The molecule has 1 heteroatoms. The molecule has 0 fully saturated rings. The zero-order chi connectivity index (χ0) is 12.5. The molecule has 0 radical (unpaired) electrons. The van der Waals surface area contributed by atoms with Crippen LogP contribution in [0.1, 0.15) is 29.5 Å². The third-order valence-corrected chi connectivity index (χ3v) is 3.66. The lowest BCUT2D eigenvalue weighted by atomic mass is 9.93. The Morgan fingerprint density at radius 2 is 1.72 bits per heavy atom. The van der Waals surface area contributed by atoms with Gasteiger partial charge in [-0.25, -0.2) is 0 Å². The van der Waals surface area contributed by atoms with E-state index in [0.717, 1.165) is 5.75 Å². The number of hydrogen-bond donors (Lipinski definition) is 0. The van der Waals surface area contributed by atoms with Crippen molar-refractivity contribution >= 4 is 11.6 Å². The summed E-state index contributed by atoms with van der Waals surface area (Å²) >= 11 is 0. The predicted molar refractivity (Wildman–Crippen MR) is 75.7 cm³/mol. The summed E-state index contributed by atoms with van der Waals surface area (Å²) in [5.41, 5.74) is 5.25. The van der Waals surface area contributed by atoms with Crippen molar-refractivity contribution in [3.8, 4) is 5.75 Å². The van der Waals surface area contributed by atoms with Gasteiger partial charge in [0.15, 0.2) is 0 Å². The Bertz CT molecular complexity index is 596. The molecule has 0 amide bonds. The second-order valence-corrected chi connectivity index (χ2v) is 4.65. The van der Waals surface area contributed by atoms with Crippen molar-refractivity contribution < 1.29 is 4.74 Å². The van der Waals surface area contributed by atoms with Crippen molar-refractivity contribution in [1.29, 1.82) is 0 Å². The normalized spacial score (nSPS) is 17.2. The highest BCUT2D eigenvalue weighted by molar-refractivity contribution is 5.92. The lowest BCUT2D eigenvalue weighted by Gasteiger charge is -2.12. The summed E-state index contributed by atoms with van der Waals surface area (Å²) in [6.45, 7) is 2.25. The number of allylic oxidation sites excluding steroid dienone is 1. The molecule has 0 bridgehead atoms. The van der Waals surface area contributed by atoms with E-state index in [-0.39, 0.29) is 0 Å². The van der Waals surface area contributed by atoms with Crippen LogP contribution in [0.15, 0.2) is 48.5 Å². The van der Waals surface area contributed by atoms with Crippen LogP contribution in [-0.2, 0) is 0 Å². The van der Waals surface area contributed by atoms with Crippen LogP contribution >= 0.6 is 0 Å². The first-order valence-electron chi connectivity index (χ1n) is 6.25. The van der Waals surface area contributed by atoms with E-state index in [1.807, 2.05) is 6.07 Å². The maximum absolute atomic E-state index is 5.44. The van der Waals surface area contributed by atoms with Crippen molar-refractivity contribution in [2.24, 2.45) is 0 Å². The van der Waals surface area contributed by atoms with E-state index < -0.39 is 0 Å². The SMILES string of the molecule is COc1cccc2c1C=C(c1ccccc1)C2C. The summed E-state index contributed by atoms with van der Waals surface area (Å²) in [6.07, 6.45) is 2.26. The van der Waals surface area contributed by atoms with Crippen LogP contribution in [0.25, 0.3) is 11.6 Å². The van der Waals surface area contributed by atoms with Gasteiger partial charge >= 0.3 is 0 Å². The molecule has 0 spiro atoms. The van der Waals surface area contributed by atoms with Gasteiger partial charge in [0.25, 0.3) is 0 Å². The topological polar surface area (TPSA) is 9.23 Å². The number of benzene rings is 2. The summed E-state index contributed by atoms with van der Waals surface area (Å²) in [5, 5.41) is 0. The number of fused-ring (bicyclic) bond motifs is 1. The smallest absolute Gasteiger partial charge is 0.126 e. The minimum atomic E-state index is 0.428. The second-order valence-electron chi connectivity index (χ2n) is 4.65. The van der Waals surface area contributed by atoms with Gasteiger partial charge in [0.1, 0.15) is 5.75 Å². The van der Waals surface area contributed by atoms with E-state index >= 15 is 0 Å². The molecule has 1 aliphatic rings. The van der Waals surface area contributed by atoms with E-state index in [9.17, 15) is 0 Å². The summed E-state index contributed by atoms with van der Waals surface area (Å²) in [6, 6.07) is 16.8. The number of methoxy groups -OCH3 is 1. The third-order valence-electron chi connectivity index (χ3n) is 3.66. The van der Waals surface area contributed by atoms with Crippen LogP contribution in [-0.4, -0.2) is 7.11 Å². The van der Waals surface area contributed by atoms with Crippen LogP contribution in [0.3, 0.4) is 0 Å². The van der Waals surface area contributed by atoms with Crippen LogP contribution in [0.2, 0.25) is 0 Å². The Balaban J connectivity index is 2.12. The van der Waals surface area contributed by atoms with Gasteiger partial charge in [-0.05, 0) is 28.8 Å². The summed E-state index contributed by atoms with van der Waals surface area (Å²) in [4.78, 5) is 0. The molecule has 0 saturated carbocycles. The molecule has 0 aromatic heterocycles. The molecule has 1 nitrogen and oxygen atoms in total. The zero-order valence-electron chi connectivity index (χ0n) is 10.7. The fourth-order valence-electron chi connectivity index (χ4n) is 2.68. The molecule has 0 N–H and O–H groups in total. The van der Waals surface area contributed by atoms with Crippen LogP contribution in [0.4, 0.5) is 0 Å². The van der Waals surface area contributed by atoms with Crippen molar-refractivity contribution in [2.45, 2.75) is 12.8 Å². The summed E-state index contributed by atoms with van der Waals surface area (Å²) in [5.74, 6) is 1.39. The van der Waals surface area contributed by atoms with E-state index in [1.54, 1.807) is 7.11 Å². The summed E-state index contributed by atoms with van der Waals surface area (Å²) < 4.78 is 5.44. The summed E-state index contributed by atoms with van der Waals surface area (Å²) in [7, 11) is 1.73. The highest BCUT2D eigenvalue weighted by atomic mass is 16.5. The Kier molecular flexibility index (Phi) is 2.67. The van der Waals surface area contributed by atoms with Gasteiger partial charge < -0.3 is 4.74 Å². The molecule has 18 heavy (non-hydrogen) atoms. The highest BCUT2D eigenvalue weighted by Gasteiger charge is 2.24. The first kappa shape index (κ1) is 11.1. The van der Waals surface area contributed by atoms with Gasteiger partial charge in [-0.15, -0.1) is 0 Å². The van der Waals surface area contributed by atoms with E-state index in [4.69, 9.17) is 4.74 Å². The fraction of sp³-hybridized carbons (Fsp3) is 0.176. The second kappa shape index (κ2) is 4.34. The van der Waals surface area contributed by atoms with E-state index in [1.165, 1.54) is 22.3 Å². The molecular weight excluding hydrogens is 220 g/mol. The monoisotopic (exact) mass is 236 g/mol. The largest absolute Gasteiger partial charge is 0.496 e. The van der Waals surface area contributed by atoms with Crippen molar-refractivity contribution in [1.82, 2.24) is 0 Å². The zero-order valence-corrected chi connectivity index (χ0v) is 10.7. The Labute approximate surface area is 108 Å². The Morgan fingerprint density at radius 1 is 0.944 bits per heavy atom. The molecule has 1 aliphatic carbocycles. The van der Waals surface area contributed by atoms with Gasteiger partial charge in [-0.1, -0.05) is 49.4 Å². The van der Waals surface area contributed by atoms with E-state index in [0.29, 0.717) is 5.92 Å². The number of hydrogen-bond acceptors (Lipinski definition) is 1. The van der Waals surface area contributed by atoms with Gasteiger partial charge in [0.05, 0.1) is 7.11 Å². The quantitative estimate of drug-likeness (QED) is 0.753. The minimum absolute atomic E-state index is 0.428. The molecule has 90 valence electrons. The van der Waals surface area contributed by atoms with Crippen LogP contribution < -0.4 is 4.74 Å². The van der Waals surface area contributed by atoms with Crippen LogP contribution in [0.5, 0.6) is 5.75 Å². The Hall–Kier alpha value is -2.02. The molecular formula is C17H16O. The molecule has 0 aliphatic heterocycles. The minimum Gasteiger partial charge on any atom is -0.496 e. The predicted octanol–water partition coefficient (Wildman–Crippen LogP) is 4.35. The lowest BCUT2D eigenvalue weighted by Crippen LogP contribution is -1.94. The van der Waals surface area contributed by atoms with Crippen molar-refractivity contribution in [3.05, 3.63) is 65.2 Å². The van der Waals surface area contributed by atoms with Gasteiger partial charge in [0.2, 0.25) is 0 Å². The van der Waals surface area contributed by atoms with Gasteiger partial charge in [0, 0.05) is 11.5 Å². The molecule has 2 aromatic rings. The third kappa shape index (κ3) is 1.63. The number of rotatable bonds is 2. The number of ether oxygens (including phenoxy) is 1. The molecule has 1 atom stereocenters. The van der Waals surface area contributed by atoms with Crippen molar-refractivity contribution in [3.63, 3.8) is 0 Å². The average molecular weight is 236 g/mol. The van der Waals surface area contributed by atoms with E-state index in [2.05, 4.69) is 55.5 Å². The van der Waals surface area contributed by atoms with Crippen molar-refractivity contribution in [2.75, 3.05) is 7.11 Å². The molecule has 2 aromatic carbocycles. The molecule has 0 heterocycles. The maximum Gasteiger partial charge on any atom is 0.126 e. The first-order chi connectivity index (χ1) is 8.81. The van der Waals surface area contributed by atoms with Gasteiger partial charge in [-0.2, -0.15) is 0 Å². The highest BCUT2D eigenvalue weighted by Crippen LogP contribution is 2.44. The van der Waals surface area contributed by atoms with Gasteiger partial charge in [-0.3, -0.25) is 0 Å². The standard InChI is InChI=1S/C17H16O/c1-12-14-9-6-10-17(18-2)16(14)11-15(12)13-7-4-3-5-8-13/h3-12H,1-2H3. The molecule has 3 rings (SSSR count). The maximum atomic E-state index is 5.44. The van der Waals surface area contributed by atoms with Crippen LogP contribution in [0, 0.1) is 0 Å². The first-order valence-corrected chi connectivity index (χ1v) is 6.25. The molecule has 0 saturated heterocycles.